The maximum absolute atomic E-state index is 12.3. The minimum atomic E-state index is -3.38. The van der Waals surface area contributed by atoms with Gasteiger partial charge in [-0.15, -0.1) is 0 Å². The maximum atomic E-state index is 12.3. The van der Waals surface area contributed by atoms with Gasteiger partial charge in [-0.05, 0) is 23.6 Å². The third-order valence-corrected chi connectivity index (χ3v) is 5.54. The van der Waals surface area contributed by atoms with Gasteiger partial charge in [0.25, 0.3) is 0 Å². The van der Waals surface area contributed by atoms with Gasteiger partial charge in [-0.25, -0.2) is 13.2 Å². The molecule has 0 aromatic heterocycles. The van der Waals surface area contributed by atoms with Gasteiger partial charge in [0.1, 0.15) is 0 Å². The fourth-order valence-corrected chi connectivity index (χ4v) is 3.99. The standard InChI is InChI=1S/C14H20N2O4S/c1-10-7-16(8-13(10)15)21(18,19)9-11-3-5-12(6-4-11)14(17)20-2/h3-6,10,13H,7-9,15H2,1-2H3. The maximum Gasteiger partial charge on any atom is 0.337 e. The third-order valence-electron chi connectivity index (χ3n) is 3.75. The fourth-order valence-electron chi connectivity index (χ4n) is 2.33. The molecule has 1 aliphatic heterocycles. The molecule has 116 valence electrons. The summed E-state index contributed by atoms with van der Waals surface area (Å²) < 4.78 is 30.7. The molecule has 1 heterocycles. The predicted octanol–water partition coefficient (Wildman–Crippen LogP) is 0.582. The number of sulfonamides is 1. The average molecular weight is 312 g/mol. The Bertz CT molecular complexity index is 602. The lowest BCUT2D eigenvalue weighted by Crippen LogP contribution is -2.33. The van der Waals surface area contributed by atoms with Gasteiger partial charge in [0.05, 0.1) is 18.4 Å². The van der Waals surface area contributed by atoms with Gasteiger partial charge in [-0.3, -0.25) is 0 Å². The first-order chi connectivity index (χ1) is 9.83. The Balaban J connectivity index is 2.09. The number of nitrogens with two attached hydrogens (primary N) is 1. The lowest BCUT2D eigenvalue weighted by Gasteiger charge is -2.16. The summed E-state index contributed by atoms with van der Waals surface area (Å²) in [5.74, 6) is -0.362. The molecule has 1 aromatic carbocycles. The SMILES string of the molecule is COC(=O)c1ccc(CS(=O)(=O)N2CC(C)C(N)C2)cc1. The van der Waals surface area contributed by atoms with E-state index < -0.39 is 16.0 Å². The summed E-state index contributed by atoms with van der Waals surface area (Å²) >= 11 is 0. The van der Waals surface area contributed by atoms with E-state index in [4.69, 9.17) is 5.73 Å². The van der Waals surface area contributed by atoms with E-state index in [0.29, 0.717) is 24.2 Å². The van der Waals surface area contributed by atoms with E-state index in [-0.39, 0.29) is 17.7 Å². The van der Waals surface area contributed by atoms with Crippen molar-refractivity contribution in [3.8, 4) is 0 Å². The Morgan fingerprint density at radius 3 is 2.43 bits per heavy atom. The first kappa shape index (κ1) is 15.9. The topological polar surface area (TPSA) is 89.7 Å². The minimum Gasteiger partial charge on any atom is -0.465 e. The van der Waals surface area contributed by atoms with Gasteiger partial charge in [0, 0.05) is 19.1 Å². The molecule has 6 nitrogen and oxygen atoms in total. The summed E-state index contributed by atoms with van der Waals surface area (Å²) in [6.45, 7) is 2.78. The molecule has 1 fully saturated rings. The van der Waals surface area contributed by atoms with Crippen LogP contribution in [0, 0.1) is 5.92 Å². The Morgan fingerprint density at radius 2 is 1.95 bits per heavy atom. The van der Waals surface area contributed by atoms with Crippen molar-refractivity contribution < 1.29 is 17.9 Å². The van der Waals surface area contributed by atoms with Crippen molar-refractivity contribution in [3.05, 3.63) is 35.4 Å². The van der Waals surface area contributed by atoms with Crippen LogP contribution in [0.3, 0.4) is 0 Å². The molecule has 1 saturated heterocycles. The number of carbonyl (C=O) groups excluding carboxylic acids is 1. The van der Waals surface area contributed by atoms with Crippen LogP contribution in [0.25, 0.3) is 0 Å². The zero-order valence-electron chi connectivity index (χ0n) is 12.2. The van der Waals surface area contributed by atoms with E-state index in [1.165, 1.54) is 11.4 Å². The van der Waals surface area contributed by atoms with Crippen molar-refractivity contribution >= 4 is 16.0 Å². The predicted molar refractivity (Wildman–Crippen MR) is 79.1 cm³/mol. The Morgan fingerprint density at radius 1 is 1.33 bits per heavy atom. The van der Waals surface area contributed by atoms with Crippen LogP contribution in [0.2, 0.25) is 0 Å². The highest BCUT2D eigenvalue weighted by atomic mass is 32.2. The summed E-state index contributed by atoms with van der Waals surface area (Å²) in [6.07, 6.45) is 0. The van der Waals surface area contributed by atoms with E-state index in [1.807, 2.05) is 6.92 Å². The number of benzene rings is 1. The van der Waals surface area contributed by atoms with Crippen molar-refractivity contribution in [2.24, 2.45) is 11.7 Å². The van der Waals surface area contributed by atoms with E-state index in [2.05, 4.69) is 4.74 Å². The number of carbonyl (C=O) groups is 1. The van der Waals surface area contributed by atoms with Gasteiger partial charge >= 0.3 is 5.97 Å². The quantitative estimate of drug-likeness (QED) is 0.822. The largest absolute Gasteiger partial charge is 0.465 e. The van der Waals surface area contributed by atoms with Gasteiger partial charge in [-0.1, -0.05) is 19.1 Å². The number of methoxy groups -OCH3 is 1. The van der Waals surface area contributed by atoms with Crippen molar-refractivity contribution in [2.75, 3.05) is 20.2 Å². The molecule has 0 saturated carbocycles. The molecule has 21 heavy (non-hydrogen) atoms. The highest BCUT2D eigenvalue weighted by molar-refractivity contribution is 7.88. The van der Waals surface area contributed by atoms with Gasteiger partial charge < -0.3 is 10.5 Å². The first-order valence-electron chi connectivity index (χ1n) is 6.74. The average Bonchev–Trinajstić information content (AvgIpc) is 2.79. The summed E-state index contributed by atoms with van der Waals surface area (Å²) in [7, 11) is -2.08. The Labute approximate surface area is 124 Å². The molecular weight excluding hydrogens is 292 g/mol. The van der Waals surface area contributed by atoms with Crippen molar-refractivity contribution in [3.63, 3.8) is 0 Å². The van der Waals surface area contributed by atoms with Crippen molar-refractivity contribution in [2.45, 2.75) is 18.7 Å². The lowest BCUT2D eigenvalue weighted by atomic mass is 10.1. The second-order valence-corrected chi connectivity index (χ2v) is 7.37. The summed E-state index contributed by atoms with van der Waals surface area (Å²) in [5, 5.41) is 0. The lowest BCUT2D eigenvalue weighted by molar-refractivity contribution is 0.0600. The molecule has 0 bridgehead atoms. The molecule has 0 radical (unpaired) electrons. The normalized spacial score (nSPS) is 23.2. The summed E-state index contributed by atoms with van der Waals surface area (Å²) in [4.78, 5) is 11.3. The Kier molecular flexibility index (Phi) is 4.65. The number of nitrogens with zero attached hydrogens (tertiary/aromatic N) is 1. The third kappa shape index (κ3) is 3.61. The van der Waals surface area contributed by atoms with Crippen molar-refractivity contribution in [1.29, 1.82) is 0 Å². The van der Waals surface area contributed by atoms with Crippen LogP contribution in [-0.4, -0.2) is 44.9 Å². The summed E-state index contributed by atoms with van der Waals surface area (Å²) in [5.41, 5.74) is 6.90. The van der Waals surface area contributed by atoms with E-state index in [1.54, 1.807) is 24.3 Å². The molecule has 0 spiro atoms. The molecule has 2 rings (SSSR count). The van der Waals surface area contributed by atoms with Crippen LogP contribution in [-0.2, 0) is 20.5 Å². The second-order valence-electron chi connectivity index (χ2n) is 5.40. The van der Waals surface area contributed by atoms with Crippen LogP contribution in [0.1, 0.15) is 22.8 Å². The minimum absolute atomic E-state index is 0.0894. The van der Waals surface area contributed by atoms with Crippen LogP contribution in [0.15, 0.2) is 24.3 Å². The number of esters is 1. The number of rotatable bonds is 4. The molecule has 0 aliphatic carbocycles. The molecule has 2 N–H and O–H groups in total. The highest BCUT2D eigenvalue weighted by Gasteiger charge is 2.34. The monoisotopic (exact) mass is 312 g/mol. The summed E-state index contributed by atoms with van der Waals surface area (Å²) in [6, 6.07) is 6.28. The van der Waals surface area contributed by atoms with Gasteiger partial charge in [0.2, 0.25) is 10.0 Å². The number of hydrogen-bond donors (Lipinski definition) is 1. The number of hydrogen-bond acceptors (Lipinski definition) is 5. The molecule has 7 heteroatoms. The van der Waals surface area contributed by atoms with E-state index in [0.717, 1.165) is 0 Å². The molecule has 1 aliphatic rings. The number of ether oxygens (including phenoxy) is 1. The van der Waals surface area contributed by atoms with Crippen LogP contribution >= 0.6 is 0 Å². The van der Waals surface area contributed by atoms with Crippen LogP contribution in [0.5, 0.6) is 0 Å². The molecule has 2 atom stereocenters. The molecule has 2 unspecified atom stereocenters. The molecular formula is C14H20N2O4S. The molecule has 0 amide bonds. The first-order valence-corrected chi connectivity index (χ1v) is 8.35. The Hall–Kier alpha value is -1.44. The zero-order valence-corrected chi connectivity index (χ0v) is 13.0. The molecule has 1 aromatic rings. The smallest absolute Gasteiger partial charge is 0.337 e. The van der Waals surface area contributed by atoms with Crippen molar-refractivity contribution in [1.82, 2.24) is 4.31 Å². The van der Waals surface area contributed by atoms with Gasteiger partial charge in [-0.2, -0.15) is 4.31 Å². The second kappa shape index (κ2) is 6.13. The van der Waals surface area contributed by atoms with E-state index in [9.17, 15) is 13.2 Å². The van der Waals surface area contributed by atoms with E-state index >= 15 is 0 Å². The zero-order chi connectivity index (χ0) is 15.6. The van der Waals surface area contributed by atoms with Crippen LogP contribution in [0.4, 0.5) is 0 Å². The van der Waals surface area contributed by atoms with Gasteiger partial charge in [0.15, 0.2) is 0 Å². The highest BCUT2D eigenvalue weighted by Crippen LogP contribution is 2.21. The fraction of sp³-hybridized carbons (Fsp3) is 0.500. The van der Waals surface area contributed by atoms with Crippen LogP contribution < -0.4 is 5.73 Å².